The number of aliphatic hydroxyl groups excluding tert-OH is 5. The normalized spacial score (nSPS) is 46.5. The molecule has 13 atom stereocenters. The summed E-state index contributed by atoms with van der Waals surface area (Å²) in [5, 5.41) is 63.6. The lowest BCUT2D eigenvalue weighted by Gasteiger charge is -2.63. The van der Waals surface area contributed by atoms with Crippen LogP contribution in [0.15, 0.2) is 22.8 Å². The smallest absolute Gasteiger partial charge is 0.306 e. The highest BCUT2D eigenvalue weighted by Crippen LogP contribution is 2.73. The zero-order valence-electron chi connectivity index (χ0n) is 28.3. The van der Waals surface area contributed by atoms with Gasteiger partial charge in [-0.2, -0.15) is 0 Å². The van der Waals surface area contributed by atoms with Crippen LogP contribution in [0, 0.1) is 39.4 Å². The number of ether oxygens (including phenoxy) is 2. The predicted molar refractivity (Wildman–Crippen MR) is 169 cm³/mol. The number of aliphatic carboxylic acids is 1. The fourth-order valence-electron chi connectivity index (χ4n) is 10.8. The first-order chi connectivity index (χ1) is 20.9. The van der Waals surface area contributed by atoms with Gasteiger partial charge in [0.05, 0.1) is 24.7 Å². The third kappa shape index (κ3) is 5.46. The fraction of sp³-hybridized carbons (Fsp3) is 0.861. The number of fused-ring (bicyclic) bond motifs is 4. The SMILES string of the molecule is CC(C)=CCC[C@@H](C(=O)O)[C@H]1CC[C@@]2(C)C3=C(CC[C@]12C)[C@@]1(C)CC[C@H](O)C(C)(C)[C@H]1C[C@H]3O[C@H]1O[C@H](CO)[C@@H](O)[C@@H](O)[C@H]1O. The minimum absolute atomic E-state index is 0.0114. The average Bonchev–Trinajstić information content (AvgIpc) is 3.24. The maximum absolute atomic E-state index is 12.8. The molecule has 5 aliphatic rings. The predicted octanol–water partition coefficient (Wildman–Crippen LogP) is 4.34. The van der Waals surface area contributed by atoms with Gasteiger partial charge in [-0.3, -0.25) is 4.79 Å². The van der Waals surface area contributed by atoms with Gasteiger partial charge in [0.2, 0.25) is 0 Å². The van der Waals surface area contributed by atoms with Crippen LogP contribution >= 0.6 is 0 Å². The van der Waals surface area contributed by atoms with E-state index < -0.39 is 66.8 Å². The molecule has 4 aliphatic carbocycles. The van der Waals surface area contributed by atoms with E-state index in [-0.39, 0.29) is 28.1 Å². The van der Waals surface area contributed by atoms with Crippen LogP contribution in [-0.2, 0) is 14.3 Å². The zero-order valence-corrected chi connectivity index (χ0v) is 28.3. The van der Waals surface area contributed by atoms with E-state index in [0.29, 0.717) is 19.3 Å². The number of aliphatic hydroxyl groups is 5. The van der Waals surface area contributed by atoms with Crippen molar-refractivity contribution in [2.24, 2.45) is 39.4 Å². The van der Waals surface area contributed by atoms with Gasteiger partial charge in [-0.05, 0) is 111 Å². The molecule has 1 aliphatic heterocycles. The minimum Gasteiger partial charge on any atom is -0.481 e. The summed E-state index contributed by atoms with van der Waals surface area (Å²) in [5.74, 6) is -1.14. The number of carboxylic acids is 1. The first kappa shape index (κ1) is 35.0. The monoisotopic (exact) mass is 634 g/mol. The summed E-state index contributed by atoms with van der Waals surface area (Å²) in [5.41, 5.74) is 2.45. The molecule has 0 radical (unpaired) electrons. The Morgan fingerprint density at radius 1 is 1.00 bits per heavy atom. The summed E-state index contributed by atoms with van der Waals surface area (Å²) in [7, 11) is 0. The Bertz CT molecular complexity index is 1190. The van der Waals surface area contributed by atoms with E-state index in [2.05, 4.69) is 40.7 Å². The molecule has 2 saturated carbocycles. The maximum Gasteiger partial charge on any atom is 0.306 e. The highest BCUT2D eigenvalue weighted by molar-refractivity contribution is 5.70. The summed E-state index contributed by atoms with van der Waals surface area (Å²) in [6.07, 6.45) is 1.01. The molecule has 0 bridgehead atoms. The third-order valence-corrected chi connectivity index (χ3v) is 13.8. The van der Waals surface area contributed by atoms with Gasteiger partial charge in [0.25, 0.3) is 0 Å². The molecule has 0 aromatic heterocycles. The Balaban J connectivity index is 1.59. The second-order valence-corrected chi connectivity index (χ2v) is 16.5. The van der Waals surface area contributed by atoms with E-state index in [0.717, 1.165) is 38.5 Å². The summed E-state index contributed by atoms with van der Waals surface area (Å²) < 4.78 is 12.6. The molecule has 3 fully saturated rings. The number of carbonyl (C=O) groups is 1. The molecular weight excluding hydrogens is 576 g/mol. The second-order valence-electron chi connectivity index (χ2n) is 16.5. The Labute approximate surface area is 268 Å². The average molecular weight is 635 g/mol. The molecule has 1 saturated heterocycles. The Kier molecular flexibility index (Phi) is 9.55. The largest absolute Gasteiger partial charge is 0.481 e. The lowest BCUT2D eigenvalue weighted by atomic mass is 9.42. The van der Waals surface area contributed by atoms with Crippen molar-refractivity contribution in [1.82, 2.24) is 0 Å². The minimum atomic E-state index is -1.55. The van der Waals surface area contributed by atoms with Crippen molar-refractivity contribution in [1.29, 1.82) is 0 Å². The van der Waals surface area contributed by atoms with Crippen LogP contribution in [0.1, 0.15) is 106 Å². The molecule has 9 nitrogen and oxygen atoms in total. The molecule has 256 valence electrons. The Morgan fingerprint density at radius 2 is 1.69 bits per heavy atom. The quantitative estimate of drug-likeness (QED) is 0.214. The molecule has 0 aromatic rings. The van der Waals surface area contributed by atoms with Gasteiger partial charge in [0.1, 0.15) is 24.4 Å². The van der Waals surface area contributed by atoms with E-state index in [9.17, 15) is 35.4 Å². The molecular formula is C36H58O9. The van der Waals surface area contributed by atoms with Crippen molar-refractivity contribution >= 4 is 5.97 Å². The van der Waals surface area contributed by atoms with Crippen LogP contribution in [0.25, 0.3) is 0 Å². The van der Waals surface area contributed by atoms with Crippen molar-refractivity contribution in [3.8, 4) is 0 Å². The first-order valence-corrected chi connectivity index (χ1v) is 17.2. The van der Waals surface area contributed by atoms with Gasteiger partial charge in [-0.15, -0.1) is 0 Å². The van der Waals surface area contributed by atoms with Gasteiger partial charge in [-0.25, -0.2) is 0 Å². The van der Waals surface area contributed by atoms with Crippen LogP contribution in [0.3, 0.4) is 0 Å². The number of hydrogen-bond acceptors (Lipinski definition) is 8. The molecule has 6 N–H and O–H groups in total. The van der Waals surface area contributed by atoms with Crippen molar-refractivity contribution in [2.45, 2.75) is 149 Å². The summed E-state index contributed by atoms with van der Waals surface area (Å²) in [4.78, 5) is 12.8. The van der Waals surface area contributed by atoms with Gasteiger partial charge >= 0.3 is 5.97 Å². The molecule has 0 amide bonds. The van der Waals surface area contributed by atoms with Crippen LogP contribution < -0.4 is 0 Å². The van der Waals surface area contributed by atoms with Crippen LogP contribution in [0.5, 0.6) is 0 Å². The van der Waals surface area contributed by atoms with E-state index in [1.54, 1.807) is 0 Å². The van der Waals surface area contributed by atoms with E-state index in [1.807, 2.05) is 13.8 Å². The van der Waals surface area contributed by atoms with E-state index >= 15 is 0 Å². The van der Waals surface area contributed by atoms with Gasteiger partial charge < -0.3 is 40.1 Å². The zero-order chi connectivity index (χ0) is 33.3. The molecule has 9 heteroatoms. The Hall–Kier alpha value is -1.33. The van der Waals surface area contributed by atoms with Crippen molar-refractivity contribution in [2.75, 3.05) is 6.61 Å². The van der Waals surface area contributed by atoms with Crippen molar-refractivity contribution < 1.29 is 44.9 Å². The molecule has 0 aromatic carbocycles. The third-order valence-electron chi connectivity index (χ3n) is 13.8. The lowest BCUT2D eigenvalue weighted by Crippen LogP contribution is -2.62. The lowest BCUT2D eigenvalue weighted by molar-refractivity contribution is -0.313. The van der Waals surface area contributed by atoms with Crippen LogP contribution in [-0.4, -0.2) is 86.1 Å². The molecule has 0 unspecified atom stereocenters. The number of hydrogen-bond donors (Lipinski definition) is 6. The second kappa shape index (κ2) is 12.3. The number of allylic oxidation sites excluding steroid dienone is 3. The molecule has 1 heterocycles. The first-order valence-electron chi connectivity index (χ1n) is 17.2. The van der Waals surface area contributed by atoms with Crippen molar-refractivity contribution in [3.05, 3.63) is 22.8 Å². The van der Waals surface area contributed by atoms with Crippen LogP contribution in [0.2, 0.25) is 0 Å². The standard InChI is InChI=1S/C36H58O9/c1-19(2)9-8-10-20(31(42)43)21-11-16-36(7)27-22(12-15-35(21,36)6)34(5)14-13-26(38)33(3,4)25(34)17-23(27)44-32-30(41)29(40)28(39)24(18-37)45-32/h9,20-21,23-26,28-30,32,37-41H,8,10-18H2,1-7H3,(H,42,43)/t20-,21-,23-,24-,25-,26+,28-,29-,30-,32+,34-,35-,36+/m1/s1. The van der Waals surface area contributed by atoms with E-state index in [4.69, 9.17) is 9.47 Å². The number of rotatable bonds is 8. The van der Waals surface area contributed by atoms with Crippen LogP contribution in [0.4, 0.5) is 0 Å². The molecule has 45 heavy (non-hydrogen) atoms. The van der Waals surface area contributed by atoms with E-state index in [1.165, 1.54) is 16.7 Å². The summed E-state index contributed by atoms with van der Waals surface area (Å²) >= 11 is 0. The summed E-state index contributed by atoms with van der Waals surface area (Å²) in [6.45, 7) is 14.7. The Morgan fingerprint density at radius 3 is 2.31 bits per heavy atom. The highest BCUT2D eigenvalue weighted by Gasteiger charge is 2.66. The van der Waals surface area contributed by atoms with Crippen molar-refractivity contribution in [3.63, 3.8) is 0 Å². The van der Waals surface area contributed by atoms with Gasteiger partial charge in [0.15, 0.2) is 6.29 Å². The molecule has 5 rings (SSSR count). The molecule has 0 spiro atoms. The maximum atomic E-state index is 12.8. The van der Waals surface area contributed by atoms with Gasteiger partial charge in [0, 0.05) is 0 Å². The number of carboxylic acid groups (broad SMARTS) is 1. The highest BCUT2D eigenvalue weighted by atomic mass is 16.7. The summed E-state index contributed by atoms with van der Waals surface area (Å²) in [6, 6.07) is 0. The fourth-order valence-corrected chi connectivity index (χ4v) is 10.8. The topological polar surface area (TPSA) is 157 Å². The van der Waals surface area contributed by atoms with Gasteiger partial charge in [-0.1, -0.05) is 51.8 Å².